The van der Waals surface area contributed by atoms with E-state index < -0.39 is 0 Å². The van der Waals surface area contributed by atoms with Gasteiger partial charge in [-0.15, -0.1) is 0 Å². The standard InChI is InChI=1S/C55H41BN2O/c1-31-21-33(3)52(34(4)22-31)40-15-19-48-44(25-40)45-26-42(53-35(5)23-32(2)24-36(53)6)28-47-55(45)58(48)49-29-41(38-13-17-43(57-7)18-14-38)30-51-54(49)56(47)46-27-39(16-20-50(46)59-51)37-11-9-8-10-12-37/h8-30H,1-6H3. The Kier molecular flexibility index (Phi) is 7.71. The number of rotatable bonds is 4. The lowest BCUT2D eigenvalue weighted by Gasteiger charge is -2.34. The molecular weight excluding hydrogens is 715 g/mol. The van der Waals surface area contributed by atoms with E-state index in [4.69, 9.17) is 11.3 Å². The van der Waals surface area contributed by atoms with E-state index in [0.29, 0.717) is 5.69 Å². The molecule has 2 aliphatic rings. The van der Waals surface area contributed by atoms with Gasteiger partial charge in [-0.25, -0.2) is 4.85 Å². The first-order valence-electron chi connectivity index (χ1n) is 20.5. The van der Waals surface area contributed by atoms with Crippen LogP contribution in [-0.4, -0.2) is 11.3 Å². The first-order valence-corrected chi connectivity index (χ1v) is 20.5. The first kappa shape index (κ1) is 35.1. The zero-order valence-corrected chi connectivity index (χ0v) is 34.2. The Morgan fingerprint density at radius 3 is 1.76 bits per heavy atom. The molecule has 0 atom stereocenters. The summed E-state index contributed by atoms with van der Waals surface area (Å²) in [5.41, 5.74) is 25.1. The molecule has 0 N–H and O–H groups in total. The van der Waals surface area contributed by atoms with Gasteiger partial charge in [-0.1, -0.05) is 114 Å². The minimum absolute atomic E-state index is 0.0719. The van der Waals surface area contributed by atoms with E-state index in [2.05, 4.69) is 178 Å². The third-order valence-electron chi connectivity index (χ3n) is 12.8. The number of aromatic nitrogens is 1. The van der Waals surface area contributed by atoms with Crippen molar-refractivity contribution in [2.24, 2.45) is 0 Å². The van der Waals surface area contributed by atoms with Gasteiger partial charge < -0.3 is 9.30 Å². The van der Waals surface area contributed by atoms with Crippen LogP contribution >= 0.6 is 0 Å². The zero-order chi connectivity index (χ0) is 40.3. The Morgan fingerprint density at radius 2 is 1.08 bits per heavy atom. The van der Waals surface area contributed by atoms with Crippen LogP contribution in [0.4, 0.5) is 5.69 Å². The van der Waals surface area contributed by atoms with Gasteiger partial charge in [0.05, 0.1) is 12.1 Å². The largest absolute Gasteiger partial charge is 0.458 e. The predicted molar refractivity (Wildman–Crippen MR) is 248 cm³/mol. The maximum Gasteiger partial charge on any atom is 0.256 e. The average molecular weight is 757 g/mol. The SMILES string of the molecule is [C-]#[N+]c1ccc(-c2cc3c4c(c2)-n2c5ccc(-c6c(C)cc(C)cc6C)cc5c5cc(-c6c(C)cc(C)cc6C)cc(c52)B4c2cc(-c4ccccc4)ccc2O3)cc1. The van der Waals surface area contributed by atoms with Crippen molar-refractivity contribution in [1.82, 2.24) is 4.57 Å². The van der Waals surface area contributed by atoms with Crippen LogP contribution in [0.15, 0.2) is 140 Å². The number of aryl methyl sites for hydroxylation is 6. The number of fused-ring (bicyclic) bond motifs is 7. The molecule has 0 saturated carbocycles. The molecule has 0 amide bonds. The minimum Gasteiger partial charge on any atom is -0.458 e. The van der Waals surface area contributed by atoms with Crippen LogP contribution in [0, 0.1) is 48.1 Å². The third kappa shape index (κ3) is 5.35. The van der Waals surface area contributed by atoms with E-state index >= 15 is 0 Å². The van der Waals surface area contributed by atoms with Crippen molar-refractivity contribution in [3.05, 3.63) is 184 Å². The average Bonchev–Trinajstić information content (AvgIpc) is 3.55. The van der Waals surface area contributed by atoms with Crippen LogP contribution in [-0.2, 0) is 0 Å². The van der Waals surface area contributed by atoms with Crippen molar-refractivity contribution in [3.8, 4) is 61.7 Å². The fourth-order valence-electron chi connectivity index (χ4n) is 10.6. The van der Waals surface area contributed by atoms with Gasteiger partial charge in [-0.3, -0.25) is 0 Å². The third-order valence-corrected chi connectivity index (χ3v) is 12.8. The van der Waals surface area contributed by atoms with Crippen LogP contribution < -0.4 is 21.1 Å². The molecule has 8 aromatic carbocycles. The second-order valence-corrected chi connectivity index (χ2v) is 16.8. The molecule has 59 heavy (non-hydrogen) atoms. The number of hydrogen-bond acceptors (Lipinski definition) is 1. The molecule has 3 nitrogen and oxygen atoms in total. The Balaban J connectivity index is 1.28. The Morgan fingerprint density at radius 1 is 0.492 bits per heavy atom. The molecule has 0 fully saturated rings. The molecule has 0 unspecified atom stereocenters. The van der Waals surface area contributed by atoms with E-state index in [-0.39, 0.29) is 6.71 Å². The molecule has 9 aromatic rings. The van der Waals surface area contributed by atoms with E-state index in [1.807, 2.05) is 12.1 Å². The first-order chi connectivity index (χ1) is 28.6. The maximum atomic E-state index is 7.58. The number of hydrogen-bond donors (Lipinski definition) is 0. The number of ether oxygens (including phenoxy) is 1. The summed E-state index contributed by atoms with van der Waals surface area (Å²) < 4.78 is 9.55. The van der Waals surface area contributed by atoms with E-state index in [1.54, 1.807) is 0 Å². The van der Waals surface area contributed by atoms with Crippen LogP contribution in [0.3, 0.4) is 0 Å². The van der Waals surface area contributed by atoms with E-state index in [9.17, 15) is 0 Å². The van der Waals surface area contributed by atoms with Crippen molar-refractivity contribution in [3.63, 3.8) is 0 Å². The molecule has 2 aliphatic heterocycles. The zero-order valence-electron chi connectivity index (χ0n) is 34.2. The van der Waals surface area contributed by atoms with E-state index in [0.717, 1.165) is 28.3 Å². The summed E-state index contributed by atoms with van der Waals surface area (Å²) in [5.74, 6) is 1.75. The normalized spacial score (nSPS) is 12.3. The van der Waals surface area contributed by atoms with Crippen molar-refractivity contribution in [2.75, 3.05) is 0 Å². The molecular formula is C55H41BN2O. The highest BCUT2D eigenvalue weighted by Crippen LogP contribution is 2.44. The summed E-state index contributed by atoms with van der Waals surface area (Å²) in [6.07, 6.45) is 0. The van der Waals surface area contributed by atoms with Gasteiger partial charge in [0.1, 0.15) is 11.5 Å². The van der Waals surface area contributed by atoms with Crippen molar-refractivity contribution in [2.45, 2.75) is 41.5 Å². The monoisotopic (exact) mass is 756 g/mol. The second-order valence-electron chi connectivity index (χ2n) is 16.8. The molecule has 0 spiro atoms. The quantitative estimate of drug-likeness (QED) is 0.129. The van der Waals surface area contributed by atoms with Gasteiger partial charge in [0.2, 0.25) is 0 Å². The highest BCUT2D eigenvalue weighted by Gasteiger charge is 2.41. The molecule has 0 saturated heterocycles. The van der Waals surface area contributed by atoms with Gasteiger partial charge in [0, 0.05) is 22.0 Å². The van der Waals surface area contributed by atoms with Crippen LogP contribution in [0.2, 0.25) is 0 Å². The van der Waals surface area contributed by atoms with Crippen molar-refractivity contribution < 1.29 is 4.74 Å². The van der Waals surface area contributed by atoms with Gasteiger partial charge >= 0.3 is 0 Å². The molecule has 3 heterocycles. The Bertz CT molecular complexity index is 3260. The maximum absolute atomic E-state index is 7.58. The lowest BCUT2D eigenvalue weighted by atomic mass is 9.34. The number of nitrogens with zero attached hydrogens (tertiary/aromatic N) is 2. The lowest BCUT2D eigenvalue weighted by molar-refractivity contribution is 0.487. The fraction of sp³-hybridized carbons (Fsp3) is 0.109. The number of benzene rings is 8. The smallest absolute Gasteiger partial charge is 0.256 e. The molecule has 11 rings (SSSR count). The van der Waals surface area contributed by atoms with Gasteiger partial charge in [0.15, 0.2) is 5.69 Å². The highest BCUT2D eigenvalue weighted by atomic mass is 16.5. The Labute approximate surface area is 346 Å². The van der Waals surface area contributed by atoms with Crippen molar-refractivity contribution in [1.29, 1.82) is 0 Å². The molecule has 0 bridgehead atoms. The van der Waals surface area contributed by atoms with Gasteiger partial charge in [0.25, 0.3) is 6.71 Å². The summed E-state index contributed by atoms with van der Waals surface area (Å²) in [4.78, 5) is 3.67. The summed E-state index contributed by atoms with van der Waals surface area (Å²) in [5, 5.41) is 2.49. The molecule has 0 aliphatic carbocycles. The highest BCUT2D eigenvalue weighted by molar-refractivity contribution is 6.99. The van der Waals surface area contributed by atoms with Crippen LogP contribution in [0.25, 0.3) is 76.8 Å². The van der Waals surface area contributed by atoms with Gasteiger partial charge in [-0.05, 0) is 161 Å². The molecule has 4 heteroatoms. The summed E-state index contributed by atoms with van der Waals surface area (Å²) in [6.45, 7) is 20.9. The lowest BCUT2D eigenvalue weighted by Crippen LogP contribution is -2.58. The summed E-state index contributed by atoms with van der Waals surface area (Å²) in [6, 6.07) is 51.1. The summed E-state index contributed by atoms with van der Waals surface area (Å²) >= 11 is 0. The van der Waals surface area contributed by atoms with Crippen molar-refractivity contribution >= 4 is 50.6 Å². The minimum atomic E-state index is -0.0719. The molecule has 1 aromatic heterocycles. The van der Waals surface area contributed by atoms with E-state index in [1.165, 1.54) is 105 Å². The second kappa shape index (κ2) is 13.0. The predicted octanol–water partition coefficient (Wildman–Crippen LogP) is 12.8. The fourth-order valence-corrected chi connectivity index (χ4v) is 10.6. The molecule has 0 radical (unpaired) electrons. The summed E-state index contributed by atoms with van der Waals surface area (Å²) in [7, 11) is 0. The topological polar surface area (TPSA) is 18.5 Å². The van der Waals surface area contributed by atoms with Crippen LogP contribution in [0.5, 0.6) is 11.5 Å². The van der Waals surface area contributed by atoms with Gasteiger partial charge in [-0.2, -0.15) is 0 Å². The van der Waals surface area contributed by atoms with Crippen LogP contribution in [0.1, 0.15) is 33.4 Å². The molecule has 280 valence electrons. The Hall–Kier alpha value is -7.09.